The van der Waals surface area contributed by atoms with Gasteiger partial charge in [0.1, 0.15) is 11.6 Å². The van der Waals surface area contributed by atoms with Crippen molar-refractivity contribution >= 4 is 5.78 Å². The van der Waals surface area contributed by atoms with Gasteiger partial charge in [0.25, 0.3) is 0 Å². The van der Waals surface area contributed by atoms with Gasteiger partial charge in [-0.15, -0.1) is 0 Å². The number of aromatic nitrogens is 2. The molecular weight excluding hydrogens is 336 g/mol. The van der Waals surface area contributed by atoms with Gasteiger partial charge in [0.05, 0.1) is 19.3 Å². The van der Waals surface area contributed by atoms with Crippen LogP contribution in [0, 0.1) is 6.92 Å². The van der Waals surface area contributed by atoms with E-state index in [2.05, 4.69) is 6.92 Å². The van der Waals surface area contributed by atoms with Crippen LogP contribution in [0.25, 0.3) is 22.6 Å². The molecule has 4 nitrogen and oxygen atoms in total. The van der Waals surface area contributed by atoms with E-state index in [0.29, 0.717) is 5.56 Å². The fourth-order valence-corrected chi connectivity index (χ4v) is 3.31. The first-order chi connectivity index (χ1) is 13.2. The van der Waals surface area contributed by atoms with Crippen molar-refractivity contribution in [1.29, 1.82) is 0 Å². The minimum atomic E-state index is 0.0692. The summed E-state index contributed by atoms with van der Waals surface area (Å²) in [4.78, 5) is 17.5. The predicted octanol–water partition coefficient (Wildman–Crippen LogP) is 4.85. The van der Waals surface area contributed by atoms with Crippen molar-refractivity contribution in [3.8, 4) is 28.4 Å². The Bertz CT molecular complexity index is 1050. The first kappa shape index (κ1) is 17.0. The van der Waals surface area contributed by atoms with Gasteiger partial charge in [-0.1, -0.05) is 30.3 Å². The minimum Gasteiger partial charge on any atom is -0.497 e. The topological polar surface area (TPSA) is 44.1 Å². The number of hydrogen-bond acceptors (Lipinski definition) is 3. The standard InChI is InChI=1S/C23H20N2O2/c1-16-20-9-6-14-25(15-21(26)17-7-4-3-5-8-17)23(20)24-22(16)18-10-12-19(27-2)13-11-18/h3-14H,15H2,1-2H3. The number of Topliss-reactive ketones (excluding diaryl/α,β-unsaturated/α-hetero) is 1. The molecule has 2 aromatic rings. The zero-order valence-corrected chi connectivity index (χ0v) is 15.3. The Hall–Kier alpha value is -3.40. The monoisotopic (exact) mass is 356 g/mol. The predicted molar refractivity (Wildman–Crippen MR) is 106 cm³/mol. The summed E-state index contributed by atoms with van der Waals surface area (Å²) in [7, 11) is 1.65. The number of carbonyl (C=O) groups excluding carboxylic acids is 1. The summed E-state index contributed by atoms with van der Waals surface area (Å²) < 4.78 is 7.16. The maximum Gasteiger partial charge on any atom is 0.182 e. The highest BCUT2D eigenvalue weighted by molar-refractivity contribution is 5.96. The van der Waals surface area contributed by atoms with Crippen molar-refractivity contribution in [3.05, 3.63) is 84.1 Å². The fraction of sp³-hybridized carbons (Fsp3) is 0.130. The molecule has 0 unspecified atom stereocenters. The molecule has 0 fully saturated rings. The molecule has 0 N–H and O–H groups in total. The molecule has 0 aliphatic carbocycles. The molecule has 0 radical (unpaired) electrons. The molecule has 4 heteroatoms. The minimum absolute atomic E-state index is 0.0692. The van der Waals surface area contributed by atoms with Gasteiger partial charge in [-0.3, -0.25) is 4.79 Å². The first-order valence-electron chi connectivity index (χ1n) is 8.85. The zero-order chi connectivity index (χ0) is 18.8. The molecule has 134 valence electrons. The molecular formula is C23H20N2O2. The second-order valence-electron chi connectivity index (χ2n) is 6.48. The van der Waals surface area contributed by atoms with Crippen LogP contribution in [0.1, 0.15) is 15.9 Å². The molecule has 2 aliphatic rings. The second-order valence-corrected chi connectivity index (χ2v) is 6.48. The molecule has 0 aromatic heterocycles. The molecule has 0 bridgehead atoms. The third-order valence-corrected chi connectivity index (χ3v) is 4.79. The number of methoxy groups -OCH3 is 1. The van der Waals surface area contributed by atoms with Crippen molar-refractivity contribution in [1.82, 2.24) is 9.55 Å². The van der Waals surface area contributed by atoms with Gasteiger partial charge in [-0.25, -0.2) is 4.98 Å². The van der Waals surface area contributed by atoms with Gasteiger partial charge >= 0.3 is 0 Å². The molecule has 0 amide bonds. The largest absolute Gasteiger partial charge is 0.497 e. The van der Waals surface area contributed by atoms with Crippen molar-refractivity contribution in [2.24, 2.45) is 0 Å². The van der Waals surface area contributed by atoms with E-state index < -0.39 is 0 Å². The number of hydrogen-bond donors (Lipinski definition) is 0. The maximum atomic E-state index is 12.6. The SMILES string of the molecule is COc1ccc(-c2nc3n(CC(=O)c4ccccc4)cccc-3c2C)cc1. The van der Waals surface area contributed by atoms with Crippen LogP contribution < -0.4 is 4.74 Å². The molecule has 2 aliphatic heterocycles. The van der Waals surface area contributed by atoms with Crippen molar-refractivity contribution in [2.45, 2.75) is 13.5 Å². The number of pyridine rings is 1. The van der Waals surface area contributed by atoms with E-state index in [1.165, 1.54) is 0 Å². The van der Waals surface area contributed by atoms with E-state index >= 15 is 0 Å². The highest BCUT2D eigenvalue weighted by atomic mass is 16.5. The second kappa shape index (κ2) is 7.08. The van der Waals surface area contributed by atoms with Crippen LogP contribution in [-0.2, 0) is 6.54 Å². The van der Waals surface area contributed by atoms with Crippen LogP contribution in [0.4, 0.5) is 0 Å². The third kappa shape index (κ3) is 3.22. The lowest BCUT2D eigenvalue weighted by Gasteiger charge is -2.11. The van der Waals surface area contributed by atoms with Gasteiger partial charge in [-0.2, -0.15) is 0 Å². The average Bonchev–Trinajstić information content (AvgIpc) is 3.06. The average molecular weight is 356 g/mol. The molecule has 0 atom stereocenters. The van der Waals surface area contributed by atoms with Gasteiger partial charge < -0.3 is 9.30 Å². The van der Waals surface area contributed by atoms with Crippen molar-refractivity contribution in [2.75, 3.05) is 7.11 Å². The lowest BCUT2D eigenvalue weighted by molar-refractivity contribution is 0.0972. The summed E-state index contributed by atoms with van der Waals surface area (Å²) in [5, 5.41) is 0. The van der Waals surface area contributed by atoms with E-state index in [1.54, 1.807) is 7.11 Å². The zero-order valence-electron chi connectivity index (χ0n) is 15.3. The van der Waals surface area contributed by atoms with E-state index in [0.717, 1.165) is 34.0 Å². The number of benzene rings is 2. The quantitative estimate of drug-likeness (QED) is 0.480. The molecule has 0 saturated carbocycles. The summed E-state index contributed by atoms with van der Waals surface area (Å²) in [6, 6.07) is 21.2. The van der Waals surface area contributed by atoms with E-state index in [-0.39, 0.29) is 12.3 Å². The highest BCUT2D eigenvalue weighted by Gasteiger charge is 2.19. The smallest absolute Gasteiger partial charge is 0.182 e. The summed E-state index contributed by atoms with van der Waals surface area (Å²) >= 11 is 0. The Morgan fingerprint density at radius 2 is 1.74 bits per heavy atom. The van der Waals surface area contributed by atoms with Crippen molar-refractivity contribution in [3.63, 3.8) is 0 Å². The van der Waals surface area contributed by atoms with E-state index in [1.807, 2.05) is 77.5 Å². The van der Waals surface area contributed by atoms with Crippen LogP contribution >= 0.6 is 0 Å². The van der Waals surface area contributed by atoms with Crippen LogP contribution in [-0.4, -0.2) is 22.4 Å². The number of rotatable bonds is 5. The number of fused-ring (bicyclic) bond motifs is 1. The molecule has 4 rings (SSSR count). The Balaban J connectivity index is 1.72. The summed E-state index contributed by atoms with van der Waals surface area (Å²) in [5.74, 6) is 1.71. The lowest BCUT2D eigenvalue weighted by Crippen LogP contribution is -2.12. The van der Waals surface area contributed by atoms with Crippen molar-refractivity contribution < 1.29 is 9.53 Å². The van der Waals surface area contributed by atoms with Gasteiger partial charge in [0.15, 0.2) is 5.78 Å². The number of ketones is 1. The third-order valence-electron chi connectivity index (χ3n) is 4.79. The van der Waals surface area contributed by atoms with Gasteiger partial charge in [0, 0.05) is 22.9 Å². The fourth-order valence-electron chi connectivity index (χ4n) is 3.31. The van der Waals surface area contributed by atoms with Crippen LogP contribution in [0.5, 0.6) is 5.75 Å². The number of ether oxygens (including phenoxy) is 1. The highest BCUT2D eigenvalue weighted by Crippen LogP contribution is 2.34. The lowest BCUT2D eigenvalue weighted by atomic mass is 10.1. The Kier molecular flexibility index (Phi) is 4.47. The Morgan fingerprint density at radius 1 is 1.00 bits per heavy atom. The van der Waals surface area contributed by atoms with Crippen LogP contribution in [0.15, 0.2) is 72.9 Å². The Labute approximate surface area is 158 Å². The van der Waals surface area contributed by atoms with Gasteiger partial charge in [-0.05, 0) is 48.9 Å². The molecule has 2 aromatic carbocycles. The Morgan fingerprint density at radius 3 is 2.44 bits per heavy atom. The first-order valence-corrected chi connectivity index (χ1v) is 8.85. The maximum absolute atomic E-state index is 12.6. The normalized spacial score (nSPS) is 10.9. The molecule has 0 spiro atoms. The van der Waals surface area contributed by atoms with Crippen LogP contribution in [0.2, 0.25) is 0 Å². The van der Waals surface area contributed by atoms with E-state index in [9.17, 15) is 4.79 Å². The van der Waals surface area contributed by atoms with Crippen LogP contribution in [0.3, 0.4) is 0 Å². The number of nitrogens with zero attached hydrogens (tertiary/aromatic N) is 2. The summed E-state index contributed by atoms with van der Waals surface area (Å²) in [6.07, 6.45) is 1.91. The summed E-state index contributed by atoms with van der Waals surface area (Å²) in [6.45, 7) is 2.33. The summed E-state index contributed by atoms with van der Waals surface area (Å²) in [5.41, 5.74) is 4.84. The molecule has 27 heavy (non-hydrogen) atoms. The van der Waals surface area contributed by atoms with E-state index in [4.69, 9.17) is 9.72 Å². The van der Waals surface area contributed by atoms with Gasteiger partial charge in [0.2, 0.25) is 0 Å². The molecule has 0 saturated heterocycles. The number of carbonyl (C=O) groups is 1. The molecule has 2 heterocycles.